The Kier molecular flexibility index (Phi) is 10.4. The van der Waals surface area contributed by atoms with Crippen LogP contribution in [-0.4, -0.2) is 68.6 Å². The van der Waals surface area contributed by atoms with Gasteiger partial charge in [0.05, 0.1) is 18.3 Å². The fraction of sp³-hybridized carbons (Fsp3) is 0.440. The number of rotatable bonds is 13. The van der Waals surface area contributed by atoms with Crippen LogP contribution in [0.5, 0.6) is 5.75 Å². The van der Waals surface area contributed by atoms with E-state index in [0.717, 1.165) is 22.2 Å². The van der Waals surface area contributed by atoms with Gasteiger partial charge in [-0.1, -0.05) is 37.3 Å². The summed E-state index contributed by atoms with van der Waals surface area (Å²) in [6, 6.07) is 11.9. The molecule has 0 spiro atoms. The van der Waals surface area contributed by atoms with Crippen LogP contribution in [0.1, 0.15) is 32.8 Å². The minimum Gasteiger partial charge on any atom is -0.495 e. The van der Waals surface area contributed by atoms with Gasteiger partial charge in [-0.3, -0.25) is 24.0 Å². The lowest BCUT2D eigenvalue weighted by molar-refractivity contribution is -0.384. The molecule has 0 saturated heterocycles. The molecule has 0 aromatic heterocycles. The second-order valence-electron chi connectivity index (χ2n) is 8.70. The Bertz CT molecular complexity index is 1200. The second-order valence-corrected chi connectivity index (χ2v) is 10.6. The second kappa shape index (κ2) is 13.0. The van der Waals surface area contributed by atoms with E-state index >= 15 is 0 Å². The van der Waals surface area contributed by atoms with E-state index in [1.54, 1.807) is 6.92 Å². The first-order valence-electron chi connectivity index (χ1n) is 11.8. The molecule has 2 aromatic rings. The van der Waals surface area contributed by atoms with Gasteiger partial charge in [0, 0.05) is 24.7 Å². The van der Waals surface area contributed by atoms with Gasteiger partial charge in [-0.25, -0.2) is 8.42 Å². The van der Waals surface area contributed by atoms with Crippen molar-refractivity contribution in [1.82, 2.24) is 10.2 Å². The van der Waals surface area contributed by atoms with Crippen molar-refractivity contribution in [3.8, 4) is 5.75 Å². The number of nitrogens with one attached hydrogen (secondary N) is 1. The van der Waals surface area contributed by atoms with Crippen LogP contribution in [0.4, 0.5) is 11.4 Å². The number of carbonyl (C=O) groups is 2. The van der Waals surface area contributed by atoms with Gasteiger partial charge in [0.15, 0.2) is 0 Å². The first kappa shape index (κ1) is 29.6. The summed E-state index contributed by atoms with van der Waals surface area (Å²) < 4.78 is 31.5. The number of nitro benzene ring substituents is 1. The van der Waals surface area contributed by atoms with Crippen LogP contribution in [0, 0.1) is 10.1 Å². The number of methoxy groups -OCH3 is 1. The molecule has 0 aliphatic carbocycles. The number of non-ortho nitro benzene ring substituents is 1. The molecule has 0 aliphatic rings. The maximum Gasteiger partial charge on any atom is 0.271 e. The van der Waals surface area contributed by atoms with Crippen LogP contribution in [0.3, 0.4) is 0 Å². The van der Waals surface area contributed by atoms with Crippen LogP contribution in [0.15, 0.2) is 48.5 Å². The summed E-state index contributed by atoms with van der Waals surface area (Å²) in [6.07, 6.45) is 2.03. The number of nitrogens with zero attached hydrogens (tertiary/aromatic N) is 3. The van der Waals surface area contributed by atoms with Crippen molar-refractivity contribution in [1.29, 1.82) is 0 Å². The summed E-state index contributed by atoms with van der Waals surface area (Å²) in [5.41, 5.74) is 0.432. The third kappa shape index (κ3) is 8.17. The Hall–Kier alpha value is -3.67. The third-order valence-corrected chi connectivity index (χ3v) is 7.10. The summed E-state index contributed by atoms with van der Waals surface area (Å²) in [5, 5.41) is 14.2. The summed E-state index contributed by atoms with van der Waals surface area (Å²) in [7, 11) is -2.78. The van der Waals surface area contributed by atoms with Crippen molar-refractivity contribution < 1.29 is 27.7 Å². The smallest absolute Gasteiger partial charge is 0.271 e. The minimum atomic E-state index is -4.07. The molecule has 2 amide bonds. The predicted molar refractivity (Wildman–Crippen MR) is 141 cm³/mol. The summed E-state index contributed by atoms with van der Waals surface area (Å²) in [4.78, 5) is 38.5. The van der Waals surface area contributed by atoms with E-state index in [4.69, 9.17) is 4.74 Å². The van der Waals surface area contributed by atoms with Crippen LogP contribution >= 0.6 is 0 Å². The molecule has 2 atom stereocenters. The molecule has 12 heteroatoms. The number of benzene rings is 2. The highest BCUT2D eigenvalue weighted by Gasteiger charge is 2.32. The number of hydrogen-bond acceptors (Lipinski definition) is 7. The van der Waals surface area contributed by atoms with Crippen LogP contribution in [-0.2, 0) is 26.0 Å². The van der Waals surface area contributed by atoms with E-state index in [-0.39, 0.29) is 35.6 Å². The monoisotopic (exact) mass is 534 g/mol. The average molecular weight is 535 g/mol. The SMILES string of the molecule is CCC(C)NC(=O)C(C)N(CCc1ccccc1)C(=O)CN(c1cc([N+](=O)[O-])ccc1OC)S(C)(=O)=O. The number of carbonyl (C=O) groups excluding carboxylic acids is 2. The maximum absolute atomic E-state index is 13.6. The molecule has 0 heterocycles. The van der Waals surface area contributed by atoms with Gasteiger partial charge in [-0.15, -0.1) is 0 Å². The molecule has 2 unspecified atom stereocenters. The van der Waals surface area contributed by atoms with Crippen molar-refractivity contribution in [3.63, 3.8) is 0 Å². The molecular formula is C25H34N4O7S. The summed E-state index contributed by atoms with van der Waals surface area (Å²) in [6.45, 7) is 4.83. The van der Waals surface area contributed by atoms with Crippen molar-refractivity contribution in [2.75, 3.05) is 30.8 Å². The quantitative estimate of drug-likeness (QED) is 0.308. The third-order valence-electron chi connectivity index (χ3n) is 5.97. The molecule has 0 bridgehead atoms. The lowest BCUT2D eigenvalue weighted by Gasteiger charge is -2.32. The van der Waals surface area contributed by atoms with Gasteiger partial charge in [-0.2, -0.15) is 0 Å². The van der Waals surface area contributed by atoms with Gasteiger partial charge in [0.1, 0.15) is 24.0 Å². The van der Waals surface area contributed by atoms with E-state index in [1.165, 1.54) is 24.1 Å². The molecule has 0 saturated carbocycles. The van der Waals surface area contributed by atoms with Crippen LogP contribution in [0.25, 0.3) is 0 Å². The van der Waals surface area contributed by atoms with Gasteiger partial charge >= 0.3 is 0 Å². The maximum atomic E-state index is 13.6. The molecule has 37 heavy (non-hydrogen) atoms. The Morgan fingerprint density at radius 1 is 1.14 bits per heavy atom. The molecule has 0 radical (unpaired) electrons. The van der Waals surface area contributed by atoms with Crippen LogP contribution in [0.2, 0.25) is 0 Å². The minimum absolute atomic E-state index is 0.0437. The Morgan fingerprint density at radius 2 is 1.78 bits per heavy atom. The van der Waals surface area contributed by atoms with Crippen molar-refractivity contribution in [2.45, 2.75) is 45.7 Å². The highest BCUT2D eigenvalue weighted by atomic mass is 32.2. The first-order valence-corrected chi connectivity index (χ1v) is 13.7. The zero-order chi connectivity index (χ0) is 27.8. The van der Waals surface area contributed by atoms with Crippen LogP contribution < -0.4 is 14.4 Å². The van der Waals surface area contributed by atoms with Crippen molar-refractivity contribution >= 4 is 33.2 Å². The molecule has 2 rings (SSSR count). The Morgan fingerprint density at radius 3 is 2.32 bits per heavy atom. The average Bonchev–Trinajstić information content (AvgIpc) is 2.86. The fourth-order valence-electron chi connectivity index (χ4n) is 3.62. The van der Waals surface area contributed by atoms with Crippen molar-refractivity contribution in [2.24, 2.45) is 0 Å². The molecule has 2 aromatic carbocycles. The first-order chi connectivity index (χ1) is 17.4. The normalized spacial score (nSPS) is 12.8. The topological polar surface area (TPSA) is 139 Å². The molecule has 0 aliphatic heterocycles. The predicted octanol–water partition coefficient (Wildman–Crippen LogP) is 2.74. The highest BCUT2D eigenvalue weighted by molar-refractivity contribution is 7.92. The van der Waals surface area contributed by atoms with Gasteiger partial charge in [0.25, 0.3) is 5.69 Å². The number of nitro groups is 1. The zero-order valence-electron chi connectivity index (χ0n) is 21.7. The zero-order valence-corrected chi connectivity index (χ0v) is 22.5. The van der Waals surface area contributed by atoms with E-state index in [1.807, 2.05) is 44.2 Å². The molecule has 0 fully saturated rings. The van der Waals surface area contributed by atoms with Gasteiger partial charge in [0.2, 0.25) is 21.8 Å². The largest absolute Gasteiger partial charge is 0.495 e. The molecule has 11 nitrogen and oxygen atoms in total. The Balaban J connectivity index is 2.44. The highest BCUT2D eigenvalue weighted by Crippen LogP contribution is 2.33. The van der Waals surface area contributed by atoms with E-state index < -0.39 is 33.4 Å². The molecule has 202 valence electrons. The summed E-state index contributed by atoms with van der Waals surface area (Å²) >= 11 is 0. The Labute approximate surface area is 217 Å². The van der Waals surface area contributed by atoms with Crippen molar-refractivity contribution in [3.05, 3.63) is 64.2 Å². The number of sulfonamides is 1. The van der Waals surface area contributed by atoms with E-state index in [2.05, 4.69) is 5.32 Å². The lowest BCUT2D eigenvalue weighted by Crippen LogP contribution is -2.53. The number of ether oxygens (including phenoxy) is 1. The van der Waals surface area contributed by atoms with Gasteiger partial charge in [-0.05, 0) is 38.3 Å². The molecule has 1 N–H and O–H groups in total. The van der Waals surface area contributed by atoms with E-state index in [9.17, 15) is 28.1 Å². The van der Waals surface area contributed by atoms with E-state index in [0.29, 0.717) is 12.8 Å². The van der Waals surface area contributed by atoms with Gasteiger partial charge < -0.3 is 15.0 Å². The lowest BCUT2D eigenvalue weighted by atomic mass is 10.1. The number of anilines is 1. The number of amides is 2. The number of hydrogen-bond donors (Lipinski definition) is 1. The standard InChI is InChI=1S/C25H34N4O7S/c1-6-18(2)26-25(31)19(3)27(15-14-20-10-8-7-9-11-20)24(30)17-28(37(5,34)35)22-16-21(29(32)33)12-13-23(22)36-4/h7-13,16,18-19H,6,14-15,17H2,1-5H3,(H,26,31). The molecular weight excluding hydrogens is 500 g/mol. The summed E-state index contributed by atoms with van der Waals surface area (Å²) in [5.74, 6) is -0.960. The fourth-order valence-corrected chi connectivity index (χ4v) is 4.46.